The third-order valence-electron chi connectivity index (χ3n) is 4.01. The Hall–Kier alpha value is -1.56. The molecule has 0 heterocycles. The van der Waals surface area contributed by atoms with Crippen LogP contribution in [-0.2, 0) is 0 Å². The molecular weight excluding hydrogens is 240 g/mol. The minimum absolute atomic E-state index is 0.621. The highest BCUT2D eigenvalue weighted by Gasteiger charge is 2.28. The maximum Gasteiger partial charge on any atom is 0.0101 e. The molecule has 0 saturated heterocycles. The topological polar surface area (TPSA) is 0 Å². The molecule has 3 rings (SSSR count). The third kappa shape index (κ3) is 2.80. The minimum Gasteiger partial charge on any atom is -0.0804 e. The molecule has 0 radical (unpaired) electrons. The summed E-state index contributed by atoms with van der Waals surface area (Å²) in [6, 6.07) is 8.93. The van der Waals surface area contributed by atoms with Gasteiger partial charge in [0, 0.05) is 5.92 Å². The van der Waals surface area contributed by atoms with Gasteiger partial charge in [-0.1, -0.05) is 82.2 Å². The second kappa shape index (κ2) is 7.28. The number of benzene rings is 1. The predicted octanol–water partition coefficient (Wildman–Crippen LogP) is 6.27. The molecule has 0 fully saturated rings. The van der Waals surface area contributed by atoms with E-state index in [0.29, 0.717) is 5.92 Å². The van der Waals surface area contributed by atoms with Gasteiger partial charge in [-0.05, 0) is 35.1 Å². The number of hydrogen-bond donors (Lipinski definition) is 0. The van der Waals surface area contributed by atoms with E-state index in [-0.39, 0.29) is 0 Å². The van der Waals surface area contributed by atoms with E-state index in [4.69, 9.17) is 0 Å². The molecule has 1 unspecified atom stereocenters. The van der Waals surface area contributed by atoms with Gasteiger partial charge in [-0.3, -0.25) is 0 Å². The zero-order valence-electron chi connectivity index (χ0n) is 13.0. The molecule has 1 aromatic rings. The smallest absolute Gasteiger partial charge is 0.0101 e. The fourth-order valence-electron chi connectivity index (χ4n) is 3.13. The van der Waals surface area contributed by atoms with Crippen molar-refractivity contribution in [3.63, 3.8) is 0 Å². The molecule has 0 spiro atoms. The predicted molar refractivity (Wildman–Crippen MR) is 89.9 cm³/mol. The first-order valence-electron chi connectivity index (χ1n) is 8.08. The van der Waals surface area contributed by atoms with Crippen molar-refractivity contribution < 1.29 is 0 Å². The lowest BCUT2D eigenvalue weighted by atomic mass is 9.90. The molecule has 1 atom stereocenters. The first-order chi connectivity index (χ1) is 9.92. The highest BCUT2D eigenvalue weighted by molar-refractivity contribution is 5.86. The zero-order valence-corrected chi connectivity index (χ0v) is 13.0. The second-order valence-electron chi connectivity index (χ2n) is 5.19. The van der Waals surface area contributed by atoms with Gasteiger partial charge in [0.2, 0.25) is 0 Å². The average Bonchev–Trinajstić information content (AvgIpc) is 2.67. The summed E-state index contributed by atoms with van der Waals surface area (Å²) in [5.74, 6) is 0.621. The highest BCUT2D eigenvalue weighted by atomic mass is 14.3. The molecule has 0 bridgehead atoms. The van der Waals surface area contributed by atoms with Gasteiger partial charge in [-0.25, -0.2) is 0 Å². The monoisotopic (exact) mass is 266 g/mol. The minimum atomic E-state index is 0.621. The van der Waals surface area contributed by atoms with Crippen LogP contribution in [0.25, 0.3) is 5.57 Å². The summed E-state index contributed by atoms with van der Waals surface area (Å²) in [5.41, 5.74) is 5.99. The molecule has 0 heteroatoms. The number of hydrogen-bond acceptors (Lipinski definition) is 0. The van der Waals surface area contributed by atoms with Crippen LogP contribution in [0.1, 0.15) is 63.5 Å². The van der Waals surface area contributed by atoms with Crippen LogP contribution in [0.4, 0.5) is 0 Å². The summed E-state index contributed by atoms with van der Waals surface area (Å²) >= 11 is 0. The summed E-state index contributed by atoms with van der Waals surface area (Å²) in [6.45, 7) is 6.28. The van der Waals surface area contributed by atoms with Crippen molar-refractivity contribution in [3.8, 4) is 0 Å². The Labute approximate surface area is 123 Å². The fraction of sp³-hybridized carbons (Fsp3) is 0.400. The summed E-state index contributed by atoms with van der Waals surface area (Å²) in [6.07, 6.45) is 14.2. The largest absolute Gasteiger partial charge is 0.0804 e. The number of allylic oxidation sites excluding steroid dienone is 6. The van der Waals surface area contributed by atoms with Gasteiger partial charge in [-0.15, -0.1) is 0 Å². The van der Waals surface area contributed by atoms with Gasteiger partial charge in [0.05, 0.1) is 0 Å². The number of fused-ring (bicyclic) bond motifs is 2. The molecule has 0 aromatic heterocycles. The Bertz CT molecular complexity index is 529. The first kappa shape index (κ1) is 14.8. The van der Waals surface area contributed by atoms with Gasteiger partial charge >= 0.3 is 0 Å². The Balaban J connectivity index is 0.000000704. The lowest BCUT2D eigenvalue weighted by molar-refractivity contribution is 0.656. The van der Waals surface area contributed by atoms with Crippen molar-refractivity contribution in [1.82, 2.24) is 0 Å². The van der Waals surface area contributed by atoms with E-state index in [1.54, 1.807) is 5.57 Å². The summed E-state index contributed by atoms with van der Waals surface area (Å²) in [4.78, 5) is 0. The highest BCUT2D eigenvalue weighted by Crippen LogP contribution is 2.46. The molecule has 1 aromatic carbocycles. The van der Waals surface area contributed by atoms with Crippen molar-refractivity contribution in [2.24, 2.45) is 0 Å². The third-order valence-corrected chi connectivity index (χ3v) is 4.01. The SMILES string of the molecule is CC.CCCCC1C2=C(C=CCC=C2)c2ccccc21. The van der Waals surface area contributed by atoms with E-state index >= 15 is 0 Å². The normalized spacial score (nSPS) is 19.1. The van der Waals surface area contributed by atoms with E-state index in [2.05, 4.69) is 55.5 Å². The van der Waals surface area contributed by atoms with Crippen molar-refractivity contribution >= 4 is 5.57 Å². The van der Waals surface area contributed by atoms with Crippen LogP contribution < -0.4 is 0 Å². The molecule has 20 heavy (non-hydrogen) atoms. The fourth-order valence-corrected chi connectivity index (χ4v) is 3.13. The lowest BCUT2D eigenvalue weighted by Gasteiger charge is -2.14. The zero-order chi connectivity index (χ0) is 14.4. The number of unbranched alkanes of at least 4 members (excludes halogenated alkanes) is 1. The van der Waals surface area contributed by atoms with Crippen molar-refractivity contribution in [1.29, 1.82) is 0 Å². The first-order valence-corrected chi connectivity index (χ1v) is 8.08. The quantitative estimate of drug-likeness (QED) is 0.605. The van der Waals surface area contributed by atoms with Crippen LogP contribution >= 0.6 is 0 Å². The maximum atomic E-state index is 2.36. The maximum absolute atomic E-state index is 2.36. The molecule has 2 aliphatic rings. The summed E-state index contributed by atoms with van der Waals surface area (Å²) in [7, 11) is 0. The molecule has 0 amide bonds. The van der Waals surface area contributed by atoms with E-state index in [9.17, 15) is 0 Å². The van der Waals surface area contributed by atoms with Crippen molar-refractivity contribution in [2.45, 2.75) is 52.4 Å². The van der Waals surface area contributed by atoms with Gasteiger partial charge in [0.25, 0.3) is 0 Å². The average molecular weight is 266 g/mol. The molecule has 0 saturated carbocycles. The van der Waals surface area contributed by atoms with Crippen LogP contribution in [0, 0.1) is 0 Å². The molecule has 2 aliphatic carbocycles. The Morgan fingerprint density at radius 1 is 1.05 bits per heavy atom. The van der Waals surface area contributed by atoms with Gasteiger partial charge < -0.3 is 0 Å². The van der Waals surface area contributed by atoms with Gasteiger partial charge in [-0.2, -0.15) is 0 Å². The summed E-state index contributed by atoms with van der Waals surface area (Å²) in [5, 5.41) is 0. The van der Waals surface area contributed by atoms with Crippen LogP contribution in [0.2, 0.25) is 0 Å². The molecule has 0 aliphatic heterocycles. The molecule has 0 N–H and O–H groups in total. The van der Waals surface area contributed by atoms with Crippen molar-refractivity contribution in [3.05, 3.63) is 65.3 Å². The van der Waals surface area contributed by atoms with Crippen molar-refractivity contribution in [2.75, 3.05) is 0 Å². The Morgan fingerprint density at radius 3 is 2.60 bits per heavy atom. The Kier molecular flexibility index (Phi) is 5.40. The second-order valence-corrected chi connectivity index (χ2v) is 5.19. The molecule has 0 nitrogen and oxygen atoms in total. The Morgan fingerprint density at radius 2 is 1.80 bits per heavy atom. The van der Waals surface area contributed by atoms with E-state index in [1.807, 2.05) is 13.8 Å². The van der Waals surface area contributed by atoms with Crippen LogP contribution in [0.5, 0.6) is 0 Å². The van der Waals surface area contributed by atoms with Crippen LogP contribution in [0.15, 0.2) is 54.1 Å². The number of rotatable bonds is 3. The van der Waals surface area contributed by atoms with Gasteiger partial charge in [0.15, 0.2) is 0 Å². The van der Waals surface area contributed by atoms with Gasteiger partial charge in [0.1, 0.15) is 0 Å². The van der Waals surface area contributed by atoms with E-state index in [1.165, 1.54) is 36.0 Å². The van der Waals surface area contributed by atoms with Crippen LogP contribution in [0.3, 0.4) is 0 Å². The molecule has 106 valence electrons. The molecular formula is C20H26. The summed E-state index contributed by atoms with van der Waals surface area (Å²) < 4.78 is 0. The lowest BCUT2D eigenvalue weighted by Crippen LogP contribution is -1.97. The standard InChI is InChI=1S/C18H20.C2H6/c1-2-3-9-14-15-10-5-4-6-11-16(15)18-13-8-7-12-17(14)18;1-2/h5-8,10-14H,2-4,9H2,1H3;1-2H3. The van der Waals surface area contributed by atoms with E-state index < -0.39 is 0 Å². The van der Waals surface area contributed by atoms with Crippen LogP contribution in [-0.4, -0.2) is 0 Å². The van der Waals surface area contributed by atoms with E-state index in [0.717, 1.165) is 6.42 Å².